The van der Waals surface area contributed by atoms with Crippen molar-refractivity contribution in [2.24, 2.45) is 0 Å². The standard InChI is InChI=1S/C14H9Br2FN2O/c15-8-12-14(18-13-3-1-2-6-19(12)13)20-9-4-5-10(16)11(17)7-9/h1-7H,8H2. The molecule has 0 aliphatic carbocycles. The fraction of sp³-hybridized carbons (Fsp3) is 0.0714. The van der Waals surface area contributed by atoms with E-state index in [1.165, 1.54) is 6.07 Å². The highest BCUT2D eigenvalue weighted by molar-refractivity contribution is 9.10. The number of benzene rings is 1. The molecule has 3 rings (SSSR count). The van der Waals surface area contributed by atoms with Crippen molar-refractivity contribution >= 4 is 37.5 Å². The summed E-state index contributed by atoms with van der Waals surface area (Å²) in [6, 6.07) is 10.3. The molecule has 1 aromatic carbocycles. The number of hydrogen-bond acceptors (Lipinski definition) is 2. The number of nitrogens with zero attached hydrogens (tertiary/aromatic N) is 2. The van der Waals surface area contributed by atoms with Gasteiger partial charge in [-0.25, -0.2) is 4.39 Å². The van der Waals surface area contributed by atoms with Crippen LogP contribution in [0.1, 0.15) is 5.69 Å². The fourth-order valence-electron chi connectivity index (χ4n) is 1.88. The lowest BCUT2D eigenvalue weighted by Crippen LogP contribution is -1.92. The number of alkyl halides is 1. The van der Waals surface area contributed by atoms with Gasteiger partial charge in [0.05, 0.1) is 10.2 Å². The Morgan fingerprint density at radius 3 is 2.85 bits per heavy atom. The predicted octanol–water partition coefficient (Wildman–Crippen LogP) is 4.92. The van der Waals surface area contributed by atoms with E-state index in [-0.39, 0.29) is 5.82 Å². The van der Waals surface area contributed by atoms with Gasteiger partial charge in [0.15, 0.2) is 0 Å². The van der Waals surface area contributed by atoms with Crippen molar-refractivity contribution in [1.82, 2.24) is 9.38 Å². The summed E-state index contributed by atoms with van der Waals surface area (Å²) in [5.74, 6) is 0.512. The van der Waals surface area contributed by atoms with Gasteiger partial charge in [0.2, 0.25) is 5.88 Å². The molecule has 3 aromatic rings. The third-order valence-electron chi connectivity index (χ3n) is 2.82. The number of imidazole rings is 1. The Morgan fingerprint density at radius 1 is 1.25 bits per heavy atom. The Kier molecular flexibility index (Phi) is 3.76. The van der Waals surface area contributed by atoms with Crippen molar-refractivity contribution in [3.8, 4) is 11.6 Å². The van der Waals surface area contributed by atoms with Gasteiger partial charge >= 0.3 is 0 Å². The molecule has 2 aromatic heterocycles. The quantitative estimate of drug-likeness (QED) is 0.584. The molecule has 20 heavy (non-hydrogen) atoms. The van der Waals surface area contributed by atoms with Crippen LogP contribution in [0.15, 0.2) is 47.1 Å². The highest BCUT2D eigenvalue weighted by atomic mass is 79.9. The van der Waals surface area contributed by atoms with Crippen LogP contribution in [-0.4, -0.2) is 9.38 Å². The molecule has 102 valence electrons. The zero-order valence-corrected chi connectivity index (χ0v) is 13.4. The van der Waals surface area contributed by atoms with Gasteiger partial charge in [-0.15, -0.1) is 0 Å². The maximum Gasteiger partial charge on any atom is 0.242 e. The van der Waals surface area contributed by atoms with Crippen LogP contribution in [0, 0.1) is 5.82 Å². The number of pyridine rings is 1. The van der Waals surface area contributed by atoms with Crippen LogP contribution in [-0.2, 0) is 5.33 Å². The third kappa shape index (κ3) is 2.45. The summed E-state index contributed by atoms with van der Waals surface area (Å²) < 4.78 is 21.5. The second-order valence-electron chi connectivity index (χ2n) is 4.10. The zero-order valence-electron chi connectivity index (χ0n) is 10.2. The van der Waals surface area contributed by atoms with E-state index in [1.54, 1.807) is 12.1 Å². The minimum atomic E-state index is -0.369. The smallest absolute Gasteiger partial charge is 0.242 e. The van der Waals surface area contributed by atoms with Gasteiger partial charge in [-0.1, -0.05) is 22.0 Å². The van der Waals surface area contributed by atoms with Crippen LogP contribution in [0.25, 0.3) is 5.65 Å². The van der Waals surface area contributed by atoms with Gasteiger partial charge in [0, 0.05) is 17.6 Å². The lowest BCUT2D eigenvalue weighted by Gasteiger charge is -2.05. The Hall–Kier alpha value is -1.40. The van der Waals surface area contributed by atoms with Gasteiger partial charge in [-0.05, 0) is 40.2 Å². The van der Waals surface area contributed by atoms with E-state index < -0.39 is 0 Å². The normalized spacial score (nSPS) is 10.9. The number of rotatable bonds is 3. The molecule has 0 aliphatic rings. The topological polar surface area (TPSA) is 26.5 Å². The Balaban J connectivity index is 2.03. The average Bonchev–Trinajstić information content (AvgIpc) is 2.80. The monoisotopic (exact) mass is 398 g/mol. The first-order valence-electron chi connectivity index (χ1n) is 5.84. The first-order chi connectivity index (χ1) is 9.69. The summed E-state index contributed by atoms with van der Waals surface area (Å²) in [6.45, 7) is 0. The van der Waals surface area contributed by atoms with Crippen LogP contribution in [0.2, 0.25) is 0 Å². The molecule has 0 saturated carbocycles. The summed E-state index contributed by atoms with van der Waals surface area (Å²) in [4.78, 5) is 4.41. The lowest BCUT2D eigenvalue weighted by atomic mass is 10.3. The van der Waals surface area contributed by atoms with Crippen molar-refractivity contribution in [2.45, 2.75) is 5.33 Å². The van der Waals surface area contributed by atoms with Crippen LogP contribution < -0.4 is 4.74 Å². The highest BCUT2D eigenvalue weighted by Crippen LogP contribution is 2.29. The van der Waals surface area contributed by atoms with Gasteiger partial charge in [-0.3, -0.25) is 4.40 Å². The largest absolute Gasteiger partial charge is 0.437 e. The Bertz CT molecular complexity index is 773. The van der Waals surface area contributed by atoms with E-state index in [2.05, 4.69) is 36.8 Å². The van der Waals surface area contributed by atoms with E-state index >= 15 is 0 Å². The van der Waals surface area contributed by atoms with Crippen molar-refractivity contribution in [1.29, 1.82) is 0 Å². The van der Waals surface area contributed by atoms with E-state index in [1.807, 2.05) is 28.8 Å². The third-order valence-corrected chi connectivity index (χ3v) is 4.00. The summed E-state index contributed by atoms with van der Waals surface area (Å²) in [5, 5.41) is 0.590. The van der Waals surface area contributed by atoms with Crippen LogP contribution in [0.3, 0.4) is 0 Å². The summed E-state index contributed by atoms with van der Waals surface area (Å²) in [5.41, 5.74) is 1.67. The molecule has 0 N–H and O–H groups in total. The second kappa shape index (κ2) is 5.54. The minimum absolute atomic E-state index is 0.369. The molecule has 2 heterocycles. The first-order valence-corrected chi connectivity index (χ1v) is 7.75. The molecule has 0 unspecified atom stereocenters. The molecule has 0 radical (unpaired) electrons. The second-order valence-corrected chi connectivity index (χ2v) is 5.52. The molecule has 0 atom stereocenters. The van der Waals surface area contributed by atoms with Crippen molar-refractivity contribution in [2.75, 3.05) is 0 Å². The highest BCUT2D eigenvalue weighted by Gasteiger charge is 2.13. The van der Waals surface area contributed by atoms with Gasteiger partial charge in [-0.2, -0.15) is 4.98 Å². The van der Waals surface area contributed by atoms with E-state index in [0.717, 1.165) is 11.3 Å². The van der Waals surface area contributed by atoms with Gasteiger partial charge in [0.25, 0.3) is 0 Å². The predicted molar refractivity (Wildman–Crippen MR) is 82.0 cm³/mol. The fourth-order valence-corrected chi connectivity index (χ4v) is 2.64. The molecular formula is C14H9Br2FN2O. The lowest BCUT2D eigenvalue weighted by molar-refractivity contribution is 0.456. The number of ether oxygens (including phenoxy) is 1. The molecule has 6 heteroatoms. The van der Waals surface area contributed by atoms with E-state index in [9.17, 15) is 4.39 Å². The summed E-state index contributed by atoms with van der Waals surface area (Å²) in [6.07, 6.45) is 1.91. The van der Waals surface area contributed by atoms with Crippen molar-refractivity contribution < 1.29 is 9.13 Å². The molecule has 0 spiro atoms. The zero-order chi connectivity index (χ0) is 14.1. The molecule has 0 aliphatic heterocycles. The Morgan fingerprint density at radius 2 is 2.10 bits per heavy atom. The van der Waals surface area contributed by atoms with Crippen LogP contribution >= 0.6 is 31.9 Å². The maximum absolute atomic E-state index is 13.5. The molecular weight excluding hydrogens is 391 g/mol. The van der Waals surface area contributed by atoms with E-state index in [0.29, 0.717) is 21.4 Å². The number of aromatic nitrogens is 2. The minimum Gasteiger partial charge on any atom is -0.437 e. The number of hydrogen-bond donors (Lipinski definition) is 0. The number of halogens is 3. The molecule has 0 fully saturated rings. The maximum atomic E-state index is 13.5. The van der Waals surface area contributed by atoms with Crippen LogP contribution in [0.5, 0.6) is 11.6 Å². The molecule has 0 amide bonds. The molecule has 3 nitrogen and oxygen atoms in total. The van der Waals surface area contributed by atoms with Gasteiger partial charge < -0.3 is 4.74 Å². The summed E-state index contributed by atoms with van der Waals surface area (Å²) in [7, 11) is 0. The van der Waals surface area contributed by atoms with Crippen LogP contribution in [0.4, 0.5) is 4.39 Å². The molecule has 0 saturated heterocycles. The molecule has 0 bridgehead atoms. The van der Waals surface area contributed by atoms with Gasteiger partial charge in [0.1, 0.15) is 17.2 Å². The average molecular weight is 400 g/mol. The summed E-state index contributed by atoms with van der Waals surface area (Å²) >= 11 is 6.54. The SMILES string of the molecule is Fc1cc(Oc2nc3ccccn3c2CBr)ccc1Br. The number of fused-ring (bicyclic) bond motifs is 1. The van der Waals surface area contributed by atoms with Crippen molar-refractivity contribution in [3.63, 3.8) is 0 Å². The van der Waals surface area contributed by atoms with E-state index in [4.69, 9.17) is 4.74 Å². The van der Waals surface area contributed by atoms with Crippen molar-refractivity contribution in [3.05, 3.63) is 58.6 Å². The first kappa shape index (κ1) is 13.6. The Labute approximate surface area is 131 Å².